The molecule has 1 aromatic rings. The molecule has 21 heavy (non-hydrogen) atoms. The molecule has 1 saturated carbocycles. The third-order valence-electron chi connectivity index (χ3n) is 4.64. The van der Waals surface area contributed by atoms with Gasteiger partial charge in [0.25, 0.3) is 0 Å². The van der Waals surface area contributed by atoms with E-state index in [0.29, 0.717) is 12.0 Å². The molecular formula is C17H28N2O2. The Kier molecular flexibility index (Phi) is 5.88. The summed E-state index contributed by atoms with van der Waals surface area (Å²) in [5.74, 6) is 2.25. The van der Waals surface area contributed by atoms with Crippen LogP contribution in [0.5, 0.6) is 11.5 Å². The molecule has 0 aromatic heterocycles. The van der Waals surface area contributed by atoms with Gasteiger partial charge in [0, 0.05) is 18.2 Å². The smallest absolute Gasteiger partial charge is 0.165 e. The number of rotatable bonds is 6. The standard InChI is InChI=1S/C17H28N2O2/c1-19(15-9-5-4-7-13(15)11-18)12-14-8-6-10-16(20-2)17(14)21-3/h6,8,10,13,15H,4-5,7,9,11-12,18H2,1-3H3. The molecule has 0 amide bonds. The zero-order valence-corrected chi connectivity index (χ0v) is 13.5. The van der Waals surface area contributed by atoms with Gasteiger partial charge in [-0.3, -0.25) is 4.90 Å². The van der Waals surface area contributed by atoms with Crippen molar-refractivity contribution >= 4 is 0 Å². The number of methoxy groups -OCH3 is 2. The van der Waals surface area contributed by atoms with Gasteiger partial charge in [0.2, 0.25) is 0 Å². The van der Waals surface area contributed by atoms with Gasteiger partial charge in [0.1, 0.15) is 0 Å². The van der Waals surface area contributed by atoms with Gasteiger partial charge >= 0.3 is 0 Å². The Labute approximate surface area is 128 Å². The lowest BCUT2D eigenvalue weighted by Gasteiger charge is -2.37. The summed E-state index contributed by atoms with van der Waals surface area (Å²) in [6.45, 7) is 1.64. The predicted octanol–water partition coefficient (Wildman–Crippen LogP) is 2.65. The van der Waals surface area contributed by atoms with Crippen molar-refractivity contribution in [1.29, 1.82) is 0 Å². The lowest BCUT2D eigenvalue weighted by molar-refractivity contribution is 0.126. The first-order valence-electron chi connectivity index (χ1n) is 7.81. The molecule has 2 atom stereocenters. The van der Waals surface area contributed by atoms with E-state index in [0.717, 1.165) is 24.6 Å². The van der Waals surface area contributed by atoms with E-state index in [2.05, 4.69) is 18.0 Å². The summed E-state index contributed by atoms with van der Waals surface area (Å²) in [6, 6.07) is 6.63. The molecule has 0 aliphatic heterocycles. The van der Waals surface area contributed by atoms with E-state index in [1.165, 1.54) is 31.2 Å². The van der Waals surface area contributed by atoms with Crippen LogP contribution in [0.2, 0.25) is 0 Å². The van der Waals surface area contributed by atoms with Crippen LogP contribution in [-0.4, -0.2) is 38.8 Å². The average molecular weight is 292 g/mol. The largest absolute Gasteiger partial charge is 0.493 e. The molecule has 118 valence electrons. The van der Waals surface area contributed by atoms with E-state index in [-0.39, 0.29) is 0 Å². The van der Waals surface area contributed by atoms with Crippen LogP contribution in [0.4, 0.5) is 0 Å². The van der Waals surface area contributed by atoms with Gasteiger partial charge in [-0.25, -0.2) is 0 Å². The normalized spacial score (nSPS) is 22.3. The van der Waals surface area contributed by atoms with Crippen LogP contribution in [0.15, 0.2) is 18.2 Å². The van der Waals surface area contributed by atoms with Crippen molar-refractivity contribution < 1.29 is 9.47 Å². The maximum atomic E-state index is 5.96. The third-order valence-corrected chi connectivity index (χ3v) is 4.64. The minimum absolute atomic E-state index is 0.569. The van der Waals surface area contributed by atoms with Crippen LogP contribution in [-0.2, 0) is 6.54 Å². The fourth-order valence-electron chi connectivity index (χ4n) is 3.51. The van der Waals surface area contributed by atoms with Gasteiger partial charge < -0.3 is 15.2 Å². The molecular weight excluding hydrogens is 264 g/mol. The maximum Gasteiger partial charge on any atom is 0.165 e. The summed E-state index contributed by atoms with van der Waals surface area (Å²) in [5, 5.41) is 0. The molecule has 2 N–H and O–H groups in total. The number of nitrogens with zero attached hydrogens (tertiary/aromatic N) is 1. The van der Waals surface area contributed by atoms with Crippen LogP contribution < -0.4 is 15.2 Å². The molecule has 1 aromatic carbocycles. The summed E-state index contributed by atoms with van der Waals surface area (Å²) in [4.78, 5) is 2.42. The highest BCUT2D eigenvalue weighted by Gasteiger charge is 2.27. The first-order chi connectivity index (χ1) is 10.2. The number of hydrogen-bond acceptors (Lipinski definition) is 4. The topological polar surface area (TPSA) is 47.7 Å². The second-order valence-corrected chi connectivity index (χ2v) is 5.92. The van der Waals surface area contributed by atoms with E-state index in [4.69, 9.17) is 15.2 Å². The molecule has 0 heterocycles. The quantitative estimate of drug-likeness (QED) is 0.875. The van der Waals surface area contributed by atoms with Gasteiger partial charge in [0.15, 0.2) is 11.5 Å². The predicted molar refractivity (Wildman–Crippen MR) is 85.8 cm³/mol. The second-order valence-electron chi connectivity index (χ2n) is 5.92. The molecule has 0 saturated heterocycles. The highest BCUT2D eigenvalue weighted by atomic mass is 16.5. The zero-order chi connectivity index (χ0) is 15.2. The second kappa shape index (κ2) is 7.66. The molecule has 0 radical (unpaired) electrons. The number of ether oxygens (including phenoxy) is 2. The maximum absolute atomic E-state index is 5.96. The Morgan fingerprint density at radius 1 is 1.19 bits per heavy atom. The Hall–Kier alpha value is -1.26. The van der Waals surface area contributed by atoms with Crippen molar-refractivity contribution in [3.8, 4) is 11.5 Å². The number of benzene rings is 1. The lowest BCUT2D eigenvalue weighted by atomic mass is 9.83. The summed E-state index contributed by atoms with van der Waals surface area (Å²) < 4.78 is 10.9. The van der Waals surface area contributed by atoms with Gasteiger partial charge in [-0.05, 0) is 38.4 Å². The van der Waals surface area contributed by atoms with Crippen LogP contribution in [0, 0.1) is 5.92 Å². The average Bonchev–Trinajstić information content (AvgIpc) is 2.54. The van der Waals surface area contributed by atoms with Gasteiger partial charge in [0.05, 0.1) is 14.2 Å². The summed E-state index contributed by atoms with van der Waals surface area (Å²) in [5.41, 5.74) is 7.12. The number of hydrogen-bond donors (Lipinski definition) is 1. The van der Waals surface area contributed by atoms with Crippen molar-refractivity contribution in [2.75, 3.05) is 27.8 Å². The first kappa shape index (κ1) is 16.1. The van der Waals surface area contributed by atoms with E-state index < -0.39 is 0 Å². The summed E-state index contributed by atoms with van der Waals surface area (Å²) in [7, 11) is 5.57. The summed E-state index contributed by atoms with van der Waals surface area (Å²) >= 11 is 0. The van der Waals surface area contributed by atoms with E-state index in [1.54, 1.807) is 14.2 Å². The third kappa shape index (κ3) is 3.69. The highest BCUT2D eigenvalue weighted by Crippen LogP contribution is 2.33. The number of nitrogens with two attached hydrogens (primary N) is 1. The SMILES string of the molecule is COc1cccc(CN(C)C2CCCCC2CN)c1OC. The van der Waals surface area contributed by atoms with Crippen molar-refractivity contribution in [2.24, 2.45) is 11.7 Å². The molecule has 0 spiro atoms. The fourth-order valence-corrected chi connectivity index (χ4v) is 3.51. The van der Waals surface area contributed by atoms with Crippen LogP contribution in [0.1, 0.15) is 31.2 Å². The Morgan fingerprint density at radius 2 is 1.95 bits per heavy atom. The van der Waals surface area contributed by atoms with E-state index >= 15 is 0 Å². The minimum atomic E-state index is 0.569. The highest BCUT2D eigenvalue weighted by molar-refractivity contribution is 5.46. The van der Waals surface area contributed by atoms with Crippen molar-refractivity contribution in [3.63, 3.8) is 0 Å². The zero-order valence-electron chi connectivity index (χ0n) is 13.5. The summed E-state index contributed by atoms with van der Waals surface area (Å²) in [6.07, 6.45) is 5.11. The first-order valence-corrected chi connectivity index (χ1v) is 7.81. The Morgan fingerprint density at radius 3 is 2.62 bits per heavy atom. The minimum Gasteiger partial charge on any atom is -0.493 e. The Balaban J connectivity index is 2.13. The molecule has 4 heteroatoms. The lowest BCUT2D eigenvalue weighted by Crippen LogP contribution is -2.42. The molecule has 0 bridgehead atoms. The molecule has 4 nitrogen and oxygen atoms in total. The van der Waals surface area contributed by atoms with E-state index in [1.807, 2.05) is 12.1 Å². The van der Waals surface area contributed by atoms with Crippen molar-refractivity contribution in [1.82, 2.24) is 4.90 Å². The van der Waals surface area contributed by atoms with E-state index in [9.17, 15) is 0 Å². The Bertz CT molecular complexity index is 450. The molecule has 1 aliphatic rings. The molecule has 2 unspecified atom stereocenters. The van der Waals surface area contributed by atoms with Gasteiger partial charge in [-0.2, -0.15) is 0 Å². The number of para-hydroxylation sites is 1. The molecule has 1 fully saturated rings. The monoisotopic (exact) mass is 292 g/mol. The fraction of sp³-hybridized carbons (Fsp3) is 0.647. The van der Waals surface area contributed by atoms with Crippen LogP contribution in [0.3, 0.4) is 0 Å². The van der Waals surface area contributed by atoms with Crippen LogP contribution in [0.25, 0.3) is 0 Å². The van der Waals surface area contributed by atoms with Crippen LogP contribution >= 0.6 is 0 Å². The van der Waals surface area contributed by atoms with Crippen molar-refractivity contribution in [2.45, 2.75) is 38.3 Å². The van der Waals surface area contributed by atoms with Gasteiger partial charge in [-0.15, -0.1) is 0 Å². The molecule has 2 rings (SSSR count). The molecule has 1 aliphatic carbocycles. The van der Waals surface area contributed by atoms with Crippen molar-refractivity contribution in [3.05, 3.63) is 23.8 Å². The van der Waals surface area contributed by atoms with Gasteiger partial charge in [-0.1, -0.05) is 25.0 Å².